The number of benzene rings is 1. The number of pyridine rings is 1. The Bertz CT molecular complexity index is 1210. The molecular weight excluding hydrogens is 514 g/mol. The number of rotatable bonds is 4. The smallest absolute Gasteiger partial charge is 0.129 e. The second-order valence-electron chi connectivity index (χ2n) is 10.5. The maximum absolute atomic E-state index is 9.18. The third-order valence-electron chi connectivity index (χ3n) is 7.88. The van der Waals surface area contributed by atoms with Crippen LogP contribution in [0.5, 0.6) is 0 Å². The van der Waals surface area contributed by atoms with E-state index in [9.17, 15) is 5.11 Å². The Morgan fingerprint density at radius 1 is 1.03 bits per heavy atom. The number of nitrogens with zero attached hydrogens (tertiary/aromatic N) is 4. The van der Waals surface area contributed by atoms with Gasteiger partial charge in [0.2, 0.25) is 0 Å². The van der Waals surface area contributed by atoms with E-state index in [4.69, 9.17) is 14.7 Å². The summed E-state index contributed by atoms with van der Waals surface area (Å²) in [5.41, 5.74) is 4.62. The van der Waals surface area contributed by atoms with Gasteiger partial charge in [-0.25, -0.2) is 9.97 Å². The predicted octanol–water partition coefficient (Wildman–Crippen LogP) is 5.92. The van der Waals surface area contributed by atoms with Crippen molar-refractivity contribution in [1.82, 2.24) is 9.97 Å². The standard InChI is InChI=1S/C29H37N5O2S2/c35-14-16-37-32-23-5-6-25-26(18-23)33-12-8-24(9-13-33)36-15-2-4-21-3-1-11-34(20-21)28-17-22(7-10-30-28)27-19-31-29(25)38-27/h5-7,10,17-19,21,24,32,35H,1-4,8-9,11-16,20H2. The van der Waals surface area contributed by atoms with Crippen LogP contribution in [0.2, 0.25) is 0 Å². The van der Waals surface area contributed by atoms with Gasteiger partial charge in [0, 0.05) is 67.9 Å². The molecule has 2 fully saturated rings. The zero-order chi connectivity index (χ0) is 25.7. The number of hydrogen-bond donors (Lipinski definition) is 2. The Kier molecular flexibility index (Phi) is 8.35. The van der Waals surface area contributed by atoms with E-state index in [0.717, 1.165) is 68.6 Å². The number of hydrogen-bond acceptors (Lipinski definition) is 9. The zero-order valence-corrected chi connectivity index (χ0v) is 23.5. The molecule has 3 aromatic rings. The van der Waals surface area contributed by atoms with Gasteiger partial charge < -0.3 is 24.4 Å². The molecule has 9 heteroatoms. The molecule has 1 atom stereocenters. The summed E-state index contributed by atoms with van der Waals surface area (Å²) in [5, 5.41) is 10.2. The molecule has 0 spiro atoms. The molecule has 7 rings (SSSR count). The first-order valence-corrected chi connectivity index (χ1v) is 15.7. The summed E-state index contributed by atoms with van der Waals surface area (Å²) in [6.45, 7) is 5.15. The lowest BCUT2D eigenvalue weighted by Gasteiger charge is -2.35. The maximum atomic E-state index is 9.18. The average molecular weight is 552 g/mol. The molecule has 6 heterocycles. The quantitative estimate of drug-likeness (QED) is 0.306. The van der Waals surface area contributed by atoms with E-state index >= 15 is 0 Å². The number of piperidine rings is 2. The molecule has 2 aromatic heterocycles. The number of aliphatic hydroxyl groups excluding tert-OH is 1. The normalized spacial score (nSPS) is 21.8. The van der Waals surface area contributed by atoms with Gasteiger partial charge >= 0.3 is 0 Å². The fraction of sp³-hybridized carbons (Fsp3) is 0.517. The second kappa shape index (κ2) is 12.2. The van der Waals surface area contributed by atoms with Gasteiger partial charge in [0.05, 0.1) is 17.6 Å². The van der Waals surface area contributed by atoms with Gasteiger partial charge in [-0.1, -0.05) is 11.9 Å². The number of nitrogens with one attached hydrogen (secondary N) is 1. The molecule has 0 saturated carbocycles. The second-order valence-corrected chi connectivity index (χ2v) is 12.4. The first-order valence-electron chi connectivity index (χ1n) is 13.9. The molecule has 2 N–H and O–H groups in total. The van der Waals surface area contributed by atoms with Gasteiger partial charge in [-0.3, -0.25) is 0 Å². The molecule has 7 nitrogen and oxygen atoms in total. The van der Waals surface area contributed by atoms with Crippen LogP contribution in [0.1, 0.15) is 38.5 Å². The lowest BCUT2D eigenvalue weighted by atomic mass is 9.93. The Balaban J connectivity index is 1.34. The number of thiazole rings is 1. The molecule has 0 amide bonds. The molecule has 1 aromatic carbocycles. The van der Waals surface area contributed by atoms with Crippen molar-refractivity contribution in [1.29, 1.82) is 0 Å². The summed E-state index contributed by atoms with van der Waals surface area (Å²) >= 11 is 3.28. The molecular formula is C29H37N5O2S2. The van der Waals surface area contributed by atoms with E-state index < -0.39 is 0 Å². The highest BCUT2D eigenvalue weighted by molar-refractivity contribution is 8.00. The molecule has 38 heavy (non-hydrogen) atoms. The van der Waals surface area contributed by atoms with Crippen LogP contribution < -0.4 is 14.5 Å². The van der Waals surface area contributed by atoms with Crippen molar-refractivity contribution in [2.24, 2.45) is 5.92 Å². The van der Waals surface area contributed by atoms with Crippen molar-refractivity contribution >= 4 is 40.5 Å². The van der Waals surface area contributed by atoms with Gasteiger partial charge in [-0.2, -0.15) is 0 Å². The van der Waals surface area contributed by atoms with Crippen molar-refractivity contribution in [2.75, 3.05) is 59.7 Å². The average Bonchev–Trinajstić information content (AvgIpc) is 3.46. The molecule has 1 unspecified atom stereocenters. The molecule has 0 radical (unpaired) electrons. The highest BCUT2D eigenvalue weighted by Gasteiger charge is 2.25. The Hall–Kier alpha value is -2.33. The summed E-state index contributed by atoms with van der Waals surface area (Å²) in [4.78, 5) is 15.8. The van der Waals surface area contributed by atoms with E-state index in [2.05, 4.69) is 44.9 Å². The summed E-state index contributed by atoms with van der Waals surface area (Å²) in [7, 11) is 0. The van der Waals surface area contributed by atoms with E-state index in [1.807, 2.05) is 12.4 Å². The van der Waals surface area contributed by atoms with E-state index in [1.165, 1.54) is 52.9 Å². The first-order chi connectivity index (χ1) is 18.8. The van der Waals surface area contributed by atoms with Crippen LogP contribution in [0.3, 0.4) is 0 Å². The van der Waals surface area contributed by atoms with Crippen molar-refractivity contribution < 1.29 is 9.84 Å². The largest absolute Gasteiger partial charge is 0.395 e. The number of aromatic nitrogens is 2. The number of fused-ring (bicyclic) bond motifs is 5. The molecule has 4 aliphatic heterocycles. The van der Waals surface area contributed by atoms with Crippen LogP contribution >= 0.6 is 23.3 Å². The van der Waals surface area contributed by atoms with Gasteiger partial charge in [-0.15, -0.1) is 11.3 Å². The Morgan fingerprint density at radius 3 is 2.82 bits per heavy atom. The minimum atomic E-state index is 0.160. The third kappa shape index (κ3) is 5.96. The van der Waals surface area contributed by atoms with Crippen molar-refractivity contribution in [3.05, 3.63) is 42.7 Å². The fourth-order valence-electron chi connectivity index (χ4n) is 5.89. The number of ether oxygens (including phenoxy) is 1. The van der Waals surface area contributed by atoms with Gasteiger partial charge in [0.1, 0.15) is 10.8 Å². The first kappa shape index (κ1) is 25.9. The SMILES string of the molecule is OCCSNc1ccc2c(c1)N1CCC(CC1)OCCCC1CCCN(C1)c1cc(ccn1)-c1cnc-2s1. The van der Waals surface area contributed by atoms with Crippen LogP contribution in [-0.4, -0.2) is 66.3 Å². The molecule has 8 bridgehead atoms. The van der Waals surface area contributed by atoms with Crippen LogP contribution in [0, 0.1) is 5.92 Å². The lowest BCUT2D eigenvalue weighted by molar-refractivity contribution is 0.0330. The zero-order valence-electron chi connectivity index (χ0n) is 21.8. The fourth-order valence-corrected chi connectivity index (χ4v) is 7.32. The third-order valence-corrected chi connectivity index (χ3v) is 9.73. The van der Waals surface area contributed by atoms with Crippen molar-refractivity contribution in [3.8, 4) is 21.0 Å². The minimum Gasteiger partial charge on any atom is -0.395 e. The highest BCUT2D eigenvalue weighted by atomic mass is 32.2. The summed E-state index contributed by atoms with van der Waals surface area (Å²) < 4.78 is 9.76. The summed E-state index contributed by atoms with van der Waals surface area (Å²) in [6, 6.07) is 10.9. The van der Waals surface area contributed by atoms with Crippen molar-refractivity contribution in [3.63, 3.8) is 0 Å². The molecule has 202 valence electrons. The van der Waals surface area contributed by atoms with E-state index in [1.54, 1.807) is 11.3 Å². The minimum absolute atomic E-state index is 0.160. The van der Waals surface area contributed by atoms with Crippen LogP contribution in [0.15, 0.2) is 42.7 Å². The van der Waals surface area contributed by atoms with Crippen molar-refractivity contribution in [2.45, 2.75) is 44.6 Å². The number of anilines is 3. The van der Waals surface area contributed by atoms with Crippen LogP contribution in [0.4, 0.5) is 17.2 Å². The Labute approximate surface area is 233 Å². The topological polar surface area (TPSA) is 73.8 Å². The predicted molar refractivity (Wildman–Crippen MR) is 159 cm³/mol. The molecule has 0 aliphatic carbocycles. The maximum Gasteiger partial charge on any atom is 0.129 e. The highest BCUT2D eigenvalue weighted by Crippen LogP contribution is 2.40. The van der Waals surface area contributed by atoms with Gasteiger partial charge in [0.25, 0.3) is 0 Å². The molecule has 2 saturated heterocycles. The van der Waals surface area contributed by atoms with E-state index in [-0.39, 0.29) is 6.61 Å². The monoisotopic (exact) mass is 551 g/mol. The van der Waals surface area contributed by atoms with Crippen LogP contribution in [0.25, 0.3) is 21.0 Å². The summed E-state index contributed by atoms with van der Waals surface area (Å²) in [6.07, 6.45) is 11.3. The Morgan fingerprint density at radius 2 is 1.92 bits per heavy atom. The molecule has 4 aliphatic rings. The lowest BCUT2D eigenvalue weighted by Crippen LogP contribution is -2.37. The van der Waals surface area contributed by atoms with Gasteiger partial charge in [0.15, 0.2) is 0 Å². The van der Waals surface area contributed by atoms with Gasteiger partial charge in [-0.05, 0) is 80.3 Å². The van der Waals surface area contributed by atoms with Crippen LogP contribution in [-0.2, 0) is 4.74 Å². The summed E-state index contributed by atoms with van der Waals surface area (Å²) in [5.74, 6) is 2.45. The van der Waals surface area contributed by atoms with E-state index in [0.29, 0.717) is 17.8 Å². The number of aliphatic hydroxyl groups is 1.